The van der Waals surface area contributed by atoms with Gasteiger partial charge in [-0.15, -0.1) is 0 Å². The molecule has 0 aliphatic rings. The molecule has 0 heterocycles. The monoisotopic (exact) mass is 185 g/mol. The third-order valence-electron chi connectivity index (χ3n) is 1.70. The molecule has 0 unspecified atom stereocenters. The van der Waals surface area contributed by atoms with E-state index in [1.54, 1.807) is 0 Å². The molecule has 0 saturated heterocycles. The lowest BCUT2D eigenvalue weighted by Gasteiger charge is -2.04. The Morgan fingerprint density at radius 2 is 2.25 bits per heavy atom. The van der Waals surface area contributed by atoms with Gasteiger partial charge in [0.05, 0.1) is 0 Å². The van der Waals surface area contributed by atoms with Crippen LogP contribution in [0.3, 0.4) is 0 Å². The SMILES string of the molecule is CNCc1ccc(OCl)c(C)c1. The quantitative estimate of drug-likeness (QED) is 0.780. The number of hydrogen-bond donors (Lipinski definition) is 1. The maximum Gasteiger partial charge on any atom is 0.149 e. The summed E-state index contributed by atoms with van der Waals surface area (Å²) in [5, 5.41) is 3.07. The van der Waals surface area contributed by atoms with Gasteiger partial charge in [-0.1, -0.05) is 12.1 Å². The molecule has 12 heavy (non-hydrogen) atoms. The molecule has 66 valence electrons. The van der Waals surface area contributed by atoms with Crippen LogP contribution in [0.25, 0.3) is 0 Å². The van der Waals surface area contributed by atoms with Gasteiger partial charge in [-0.3, -0.25) is 0 Å². The summed E-state index contributed by atoms with van der Waals surface area (Å²) in [6.45, 7) is 2.83. The molecule has 0 aliphatic heterocycles. The minimum absolute atomic E-state index is 0.719. The zero-order chi connectivity index (χ0) is 8.97. The smallest absolute Gasteiger partial charge is 0.149 e. The average Bonchev–Trinajstić information content (AvgIpc) is 2.05. The van der Waals surface area contributed by atoms with Crippen LogP contribution in [0.5, 0.6) is 5.75 Å². The van der Waals surface area contributed by atoms with Crippen molar-refractivity contribution in [3.05, 3.63) is 29.3 Å². The van der Waals surface area contributed by atoms with Gasteiger partial charge in [0.1, 0.15) is 17.6 Å². The highest BCUT2D eigenvalue weighted by Crippen LogP contribution is 2.19. The lowest BCUT2D eigenvalue weighted by molar-refractivity contribution is 0.612. The van der Waals surface area contributed by atoms with E-state index in [9.17, 15) is 0 Å². The van der Waals surface area contributed by atoms with E-state index in [0.717, 1.165) is 17.9 Å². The van der Waals surface area contributed by atoms with Gasteiger partial charge in [0.25, 0.3) is 0 Å². The third kappa shape index (κ3) is 2.13. The lowest BCUT2D eigenvalue weighted by Crippen LogP contribution is -2.04. The highest BCUT2D eigenvalue weighted by atomic mass is 35.5. The molecular formula is C9H12ClNO. The first-order chi connectivity index (χ1) is 5.77. The molecule has 0 aliphatic carbocycles. The molecule has 3 heteroatoms. The van der Waals surface area contributed by atoms with Gasteiger partial charge < -0.3 is 9.61 Å². The van der Waals surface area contributed by atoms with Crippen molar-refractivity contribution in [2.45, 2.75) is 13.5 Å². The van der Waals surface area contributed by atoms with Gasteiger partial charge in [-0.05, 0) is 31.2 Å². The molecule has 0 bridgehead atoms. The summed E-state index contributed by atoms with van der Waals surface area (Å²) in [6, 6.07) is 5.91. The van der Waals surface area contributed by atoms with Crippen LogP contribution in [-0.4, -0.2) is 7.05 Å². The summed E-state index contributed by atoms with van der Waals surface area (Å²) >= 11 is 5.25. The van der Waals surface area contributed by atoms with Crippen molar-refractivity contribution in [3.8, 4) is 5.75 Å². The molecule has 1 rings (SSSR count). The highest BCUT2D eigenvalue weighted by molar-refractivity contribution is 6.09. The van der Waals surface area contributed by atoms with Crippen LogP contribution in [0, 0.1) is 6.92 Å². The fourth-order valence-corrected chi connectivity index (χ4v) is 1.29. The van der Waals surface area contributed by atoms with Crippen molar-refractivity contribution in [3.63, 3.8) is 0 Å². The second kappa shape index (κ2) is 4.33. The maximum absolute atomic E-state index is 5.25. The van der Waals surface area contributed by atoms with Crippen LogP contribution in [0.1, 0.15) is 11.1 Å². The van der Waals surface area contributed by atoms with E-state index in [1.807, 2.05) is 32.2 Å². The number of aryl methyl sites for hydroxylation is 1. The number of benzene rings is 1. The van der Waals surface area contributed by atoms with Gasteiger partial charge >= 0.3 is 0 Å². The Hall–Kier alpha value is -0.730. The molecule has 0 spiro atoms. The van der Waals surface area contributed by atoms with Gasteiger partial charge in [-0.2, -0.15) is 0 Å². The number of nitrogens with one attached hydrogen (secondary N) is 1. The Labute approximate surface area is 77.7 Å². The summed E-state index contributed by atoms with van der Waals surface area (Å²) < 4.78 is 4.63. The van der Waals surface area contributed by atoms with Crippen molar-refractivity contribution < 1.29 is 4.29 Å². The summed E-state index contributed by atoms with van der Waals surface area (Å²) in [5.74, 6) is 0.719. The van der Waals surface area contributed by atoms with Crippen molar-refractivity contribution >= 4 is 11.9 Å². The average molecular weight is 186 g/mol. The third-order valence-corrected chi connectivity index (χ3v) is 1.87. The van der Waals surface area contributed by atoms with Gasteiger partial charge in [0.15, 0.2) is 0 Å². The molecular weight excluding hydrogens is 174 g/mol. The molecule has 0 radical (unpaired) electrons. The molecule has 0 aromatic heterocycles. The summed E-state index contributed by atoms with van der Waals surface area (Å²) in [5.41, 5.74) is 2.28. The Bertz CT molecular complexity index is 263. The number of rotatable bonds is 3. The predicted octanol–water partition coefficient (Wildman–Crippen LogP) is 2.25. The summed E-state index contributed by atoms with van der Waals surface area (Å²) in [6.07, 6.45) is 0. The van der Waals surface area contributed by atoms with E-state index in [4.69, 9.17) is 11.9 Å². The Morgan fingerprint density at radius 1 is 1.50 bits per heavy atom. The molecule has 2 nitrogen and oxygen atoms in total. The lowest BCUT2D eigenvalue weighted by atomic mass is 10.1. The van der Waals surface area contributed by atoms with Crippen LogP contribution in [-0.2, 0) is 6.54 Å². The fraction of sp³-hybridized carbons (Fsp3) is 0.333. The largest absolute Gasteiger partial charge is 0.385 e. The predicted molar refractivity (Wildman–Crippen MR) is 50.4 cm³/mol. The molecule has 0 saturated carbocycles. The minimum atomic E-state index is 0.719. The summed E-state index contributed by atoms with van der Waals surface area (Å²) in [4.78, 5) is 0. The van der Waals surface area contributed by atoms with E-state index >= 15 is 0 Å². The van der Waals surface area contributed by atoms with E-state index in [0.29, 0.717) is 0 Å². The first-order valence-corrected chi connectivity index (χ1v) is 4.11. The van der Waals surface area contributed by atoms with Crippen molar-refractivity contribution in [1.82, 2.24) is 5.32 Å². The molecule has 0 atom stereocenters. The van der Waals surface area contributed by atoms with E-state index in [2.05, 4.69) is 9.61 Å². The Kier molecular flexibility index (Phi) is 3.38. The van der Waals surface area contributed by atoms with Crippen LogP contribution < -0.4 is 9.61 Å². The molecule has 0 fully saturated rings. The Balaban J connectivity index is 2.86. The zero-order valence-corrected chi connectivity index (χ0v) is 7.98. The second-order valence-corrected chi connectivity index (χ2v) is 2.86. The topological polar surface area (TPSA) is 21.3 Å². The van der Waals surface area contributed by atoms with Gasteiger partial charge in [0.2, 0.25) is 0 Å². The van der Waals surface area contributed by atoms with Gasteiger partial charge in [-0.25, -0.2) is 0 Å². The summed E-state index contributed by atoms with van der Waals surface area (Å²) in [7, 11) is 1.92. The van der Waals surface area contributed by atoms with Crippen molar-refractivity contribution in [2.75, 3.05) is 7.05 Å². The molecule has 1 N–H and O–H groups in total. The van der Waals surface area contributed by atoms with E-state index in [-0.39, 0.29) is 0 Å². The zero-order valence-electron chi connectivity index (χ0n) is 7.23. The number of hydrogen-bond acceptors (Lipinski definition) is 2. The van der Waals surface area contributed by atoms with Crippen molar-refractivity contribution in [1.29, 1.82) is 0 Å². The first kappa shape index (κ1) is 9.36. The van der Waals surface area contributed by atoms with E-state index < -0.39 is 0 Å². The van der Waals surface area contributed by atoms with Crippen LogP contribution in [0.2, 0.25) is 0 Å². The van der Waals surface area contributed by atoms with Gasteiger partial charge in [0, 0.05) is 6.54 Å². The number of halogens is 1. The highest BCUT2D eigenvalue weighted by Gasteiger charge is 1.99. The first-order valence-electron chi connectivity index (χ1n) is 3.80. The fourth-order valence-electron chi connectivity index (χ4n) is 1.11. The maximum atomic E-state index is 5.25. The molecule has 1 aromatic carbocycles. The molecule has 1 aromatic rings. The van der Waals surface area contributed by atoms with Crippen LogP contribution >= 0.6 is 11.9 Å². The standard InChI is InChI=1S/C9H12ClNO/c1-7-5-8(6-11-2)3-4-9(7)12-10/h3-5,11H,6H2,1-2H3. The second-order valence-electron chi connectivity index (χ2n) is 2.71. The van der Waals surface area contributed by atoms with E-state index in [1.165, 1.54) is 5.56 Å². The van der Waals surface area contributed by atoms with Crippen molar-refractivity contribution in [2.24, 2.45) is 0 Å². The normalized spacial score (nSPS) is 9.92. The minimum Gasteiger partial charge on any atom is -0.385 e. The molecule has 0 amide bonds. The van der Waals surface area contributed by atoms with Crippen LogP contribution in [0.15, 0.2) is 18.2 Å². The Morgan fingerprint density at radius 3 is 2.75 bits per heavy atom. The van der Waals surface area contributed by atoms with Crippen LogP contribution in [0.4, 0.5) is 0 Å².